The number of carboxylic acids is 1. The van der Waals surface area contributed by atoms with Crippen molar-refractivity contribution >= 4 is 5.97 Å². The fraction of sp³-hybridized carbons (Fsp3) is 0.286. The zero-order valence-electron chi connectivity index (χ0n) is 18.6. The Kier molecular flexibility index (Phi) is 7.88. The van der Waals surface area contributed by atoms with E-state index in [2.05, 4.69) is 35.3 Å². The van der Waals surface area contributed by atoms with Gasteiger partial charge in [0.1, 0.15) is 11.9 Å². The predicted molar refractivity (Wildman–Crippen MR) is 127 cm³/mol. The molecule has 1 heterocycles. The Labute approximate surface area is 194 Å². The van der Waals surface area contributed by atoms with E-state index in [1.54, 1.807) is 12.4 Å². The summed E-state index contributed by atoms with van der Waals surface area (Å²) in [6.07, 6.45) is 11.7. The summed E-state index contributed by atoms with van der Waals surface area (Å²) in [7, 11) is 0. The fourth-order valence-electron chi connectivity index (χ4n) is 4.33. The van der Waals surface area contributed by atoms with Crippen LogP contribution in [0.1, 0.15) is 41.2 Å². The third kappa shape index (κ3) is 6.30. The number of carboxylic acid groups (broad SMARTS) is 1. The third-order valence-electron chi connectivity index (χ3n) is 5.92. The molecule has 2 atom stereocenters. The first-order valence-electron chi connectivity index (χ1n) is 11.4. The molecule has 3 aromatic rings. The highest BCUT2D eigenvalue weighted by Gasteiger charge is 2.20. The van der Waals surface area contributed by atoms with Crippen molar-refractivity contribution in [3.63, 3.8) is 0 Å². The summed E-state index contributed by atoms with van der Waals surface area (Å²) in [5, 5.41) is 8.88. The quantitative estimate of drug-likeness (QED) is 0.336. The second-order valence-electron chi connectivity index (χ2n) is 8.24. The molecule has 0 saturated heterocycles. The maximum atomic E-state index is 10.8. The Balaban J connectivity index is 1.31. The first-order chi connectivity index (χ1) is 16.2. The topological polar surface area (TPSA) is 68.7 Å². The number of nitrogens with zero attached hydrogens (tertiary/aromatic N) is 1. The van der Waals surface area contributed by atoms with E-state index >= 15 is 0 Å². The lowest BCUT2D eigenvalue weighted by atomic mass is 9.83. The van der Waals surface area contributed by atoms with Crippen LogP contribution in [0.4, 0.5) is 0 Å². The Morgan fingerprint density at radius 2 is 1.85 bits per heavy atom. The highest BCUT2D eigenvalue weighted by atomic mass is 16.5. The Hall–Kier alpha value is -3.44. The second-order valence-corrected chi connectivity index (χ2v) is 8.24. The van der Waals surface area contributed by atoms with E-state index in [1.165, 1.54) is 5.56 Å². The van der Waals surface area contributed by atoms with Crippen molar-refractivity contribution in [2.24, 2.45) is 5.92 Å². The van der Waals surface area contributed by atoms with Gasteiger partial charge in [-0.25, -0.2) is 4.79 Å². The first kappa shape index (κ1) is 22.7. The van der Waals surface area contributed by atoms with Crippen LogP contribution in [0.15, 0.2) is 85.2 Å². The summed E-state index contributed by atoms with van der Waals surface area (Å²) in [5.74, 6) is 0.219. The van der Waals surface area contributed by atoms with E-state index < -0.39 is 5.97 Å². The normalized spacial score (nSPS) is 16.3. The zero-order valence-corrected chi connectivity index (χ0v) is 18.6. The molecule has 2 aromatic carbocycles. The molecule has 1 N–H and O–H groups in total. The second kappa shape index (κ2) is 11.4. The van der Waals surface area contributed by atoms with Crippen LogP contribution in [-0.4, -0.2) is 29.3 Å². The molecule has 1 aliphatic carbocycles. The van der Waals surface area contributed by atoms with Crippen LogP contribution in [0.25, 0.3) is 0 Å². The van der Waals surface area contributed by atoms with Crippen LogP contribution in [0, 0.1) is 5.92 Å². The van der Waals surface area contributed by atoms with Crippen LogP contribution in [-0.2, 0) is 22.4 Å². The summed E-state index contributed by atoms with van der Waals surface area (Å²) in [4.78, 5) is 14.9. The van der Waals surface area contributed by atoms with Crippen LogP contribution >= 0.6 is 0 Å². The van der Waals surface area contributed by atoms with Gasteiger partial charge in [0.15, 0.2) is 6.61 Å². The summed E-state index contributed by atoms with van der Waals surface area (Å²) < 4.78 is 11.7. The summed E-state index contributed by atoms with van der Waals surface area (Å²) in [6.45, 7) is 0.331. The number of fused-ring (bicyclic) bond motifs is 1. The minimum Gasteiger partial charge on any atom is -0.482 e. The van der Waals surface area contributed by atoms with Gasteiger partial charge in [0.25, 0.3) is 0 Å². The molecule has 0 fully saturated rings. The maximum Gasteiger partial charge on any atom is 0.341 e. The van der Waals surface area contributed by atoms with Gasteiger partial charge in [-0.1, -0.05) is 54.6 Å². The van der Waals surface area contributed by atoms with Gasteiger partial charge in [0, 0.05) is 12.4 Å². The van der Waals surface area contributed by atoms with Gasteiger partial charge in [-0.05, 0) is 72.1 Å². The highest BCUT2D eigenvalue weighted by molar-refractivity contribution is 5.68. The molecule has 5 heteroatoms. The molecule has 0 radical (unpaired) electrons. The van der Waals surface area contributed by atoms with E-state index in [9.17, 15) is 4.79 Å². The lowest BCUT2D eigenvalue weighted by Crippen LogP contribution is -2.16. The number of rotatable bonds is 10. The van der Waals surface area contributed by atoms with E-state index in [0.717, 1.165) is 42.4 Å². The largest absolute Gasteiger partial charge is 0.482 e. The number of ether oxygens (including phenoxy) is 2. The number of carbonyl (C=O) groups is 1. The van der Waals surface area contributed by atoms with Crippen molar-refractivity contribution in [3.05, 3.63) is 107 Å². The van der Waals surface area contributed by atoms with E-state index in [4.69, 9.17) is 14.6 Å². The van der Waals surface area contributed by atoms with E-state index in [0.29, 0.717) is 18.3 Å². The number of aromatic nitrogens is 1. The smallest absolute Gasteiger partial charge is 0.341 e. The molecule has 0 saturated carbocycles. The zero-order chi connectivity index (χ0) is 22.9. The maximum absolute atomic E-state index is 10.8. The minimum absolute atomic E-state index is 0.103. The molecule has 1 aromatic heterocycles. The van der Waals surface area contributed by atoms with Gasteiger partial charge in [-0.2, -0.15) is 0 Å². The van der Waals surface area contributed by atoms with Crippen LogP contribution in [0.5, 0.6) is 5.75 Å². The number of allylic oxidation sites excluding steroid dienone is 1. The van der Waals surface area contributed by atoms with Crippen molar-refractivity contribution in [2.75, 3.05) is 13.2 Å². The fourth-order valence-corrected chi connectivity index (χ4v) is 4.33. The molecular formula is C28H29NO4. The van der Waals surface area contributed by atoms with Crippen molar-refractivity contribution < 1.29 is 19.4 Å². The van der Waals surface area contributed by atoms with Gasteiger partial charge in [-0.3, -0.25) is 4.98 Å². The van der Waals surface area contributed by atoms with Gasteiger partial charge in [0.2, 0.25) is 0 Å². The summed E-state index contributed by atoms with van der Waals surface area (Å²) in [6, 6.07) is 20.2. The van der Waals surface area contributed by atoms with Crippen molar-refractivity contribution in [2.45, 2.75) is 31.8 Å². The van der Waals surface area contributed by atoms with Crippen LogP contribution in [0.2, 0.25) is 0 Å². The molecule has 2 unspecified atom stereocenters. The van der Waals surface area contributed by atoms with Crippen molar-refractivity contribution in [1.29, 1.82) is 0 Å². The lowest BCUT2D eigenvalue weighted by molar-refractivity contribution is -0.139. The number of aliphatic carboxylic acids is 1. The van der Waals surface area contributed by atoms with Crippen molar-refractivity contribution in [1.82, 2.24) is 4.98 Å². The molecule has 0 bridgehead atoms. The van der Waals surface area contributed by atoms with E-state index in [1.807, 2.05) is 42.5 Å². The Morgan fingerprint density at radius 1 is 1.06 bits per heavy atom. The number of hydrogen-bond acceptors (Lipinski definition) is 4. The predicted octanol–water partition coefficient (Wildman–Crippen LogP) is 5.40. The van der Waals surface area contributed by atoms with Gasteiger partial charge in [-0.15, -0.1) is 0 Å². The standard InChI is InChI=1S/C28H29NO4/c30-27(31)20-33-26-11-6-10-24-19-21(12-13-25(24)26)7-4-5-18-32-28(22-8-2-1-3-9-22)23-14-16-29-17-15-23/h1-4,6-11,14-17,21,28H,5,12-13,18-20H2,(H,30,31). The molecule has 0 amide bonds. The van der Waals surface area contributed by atoms with Gasteiger partial charge < -0.3 is 14.6 Å². The third-order valence-corrected chi connectivity index (χ3v) is 5.92. The molecule has 4 rings (SSSR count). The SMILES string of the molecule is O=C(O)COc1cccc2c1CCC(C=CCCOC(c1ccccc1)c1ccncc1)C2. The lowest BCUT2D eigenvalue weighted by Gasteiger charge is -2.24. The first-order valence-corrected chi connectivity index (χ1v) is 11.4. The number of hydrogen-bond donors (Lipinski definition) is 1. The number of benzene rings is 2. The van der Waals surface area contributed by atoms with Gasteiger partial charge >= 0.3 is 5.97 Å². The van der Waals surface area contributed by atoms with Gasteiger partial charge in [0.05, 0.1) is 6.61 Å². The van der Waals surface area contributed by atoms with Crippen LogP contribution < -0.4 is 4.74 Å². The molecule has 33 heavy (non-hydrogen) atoms. The van der Waals surface area contributed by atoms with E-state index in [-0.39, 0.29) is 12.7 Å². The molecule has 5 nitrogen and oxygen atoms in total. The average molecular weight is 444 g/mol. The molecule has 170 valence electrons. The molecular weight excluding hydrogens is 414 g/mol. The molecule has 0 spiro atoms. The summed E-state index contributed by atoms with van der Waals surface area (Å²) >= 11 is 0. The van der Waals surface area contributed by atoms with Crippen LogP contribution in [0.3, 0.4) is 0 Å². The Morgan fingerprint density at radius 3 is 2.64 bits per heavy atom. The highest BCUT2D eigenvalue weighted by Crippen LogP contribution is 2.33. The summed E-state index contributed by atoms with van der Waals surface area (Å²) in [5.41, 5.74) is 4.63. The number of pyridine rings is 1. The molecule has 0 aliphatic heterocycles. The molecule has 1 aliphatic rings. The van der Waals surface area contributed by atoms with Crippen molar-refractivity contribution in [3.8, 4) is 5.75 Å². The minimum atomic E-state index is -0.954. The average Bonchev–Trinajstić information content (AvgIpc) is 2.85. The Bertz CT molecular complexity index is 1030. The monoisotopic (exact) mass is 443 g/mol.